The first kappa shape index (κ1) is 15.0. The zero-order valence-electron chi connectivity index (χ0n) is 11.3. The average molecular weight is 257 g/mol. The van der Waals surface area contributed by atoms with E-state index in [0.29, 0.717) is 19.4 Å². The summed E-state index contributed by atoms with van der Waals surface area (Å²) in [6, 6.07) is -0.805. The molecule has 1 heterocycles. The summed E-state index contributed by atoms with van der Waals surface area (Å²) in [4.78, 5) is 23.1. The van der Waals surface area contributed by atoms with E-state index in [9.17, 15) is 9.59 Å². The van der Waals surface area contributed by atoms with Crippen LogP contribution in [0, 0.1) is 11.8 Å². The Morgan fingerprint density at radius 1 is 1.44 bits per heavy atom. The van der Waals surface area contributed by atoms with Gasteiger partial charge in [0.05, 0.1) is 6.10 Å². The van der Waals surface area contributed by atoms with Gasteiger partial charge in [0.1, 0.15) is 6.04 Å². The van der Waals surface area contributed by atoms with Crippen LogP contribution in [-0.2, 0) is 14.3 Å². The van der Waals surface area contributed by atoms with E-state index in [1.807, 2.05) is 6.92 Å². The Morgan fingerprint density at radius 2 is 2.11 bits per heavy atom. The minimum atomic E-state index is -0.975. The molecule has 1 aliphatic heterocycles. The fourth-order valence-corrected chi connectivity index (χ4v) is 2.19. The Hall–Kier alpha value is -1.10. The predicted molar refractivity (Wildman–Crippen MR) is 67.2 cm³/mol. The van der Waals surface area contributed by atoms with Crippen molar-refractivity contribution in [3.05, 3.63) is 0 Å². The first-order valence-corrected chi connectivity index (χ1v) is 6.60. The van der Waals surface area contributed by atoms with Crippen molar-refractivity contribution in [1.29, 1.82) is 0 Å². The van der Waals surface area contributed by atoms with Gasteiger partial charge in [0.25, 0.3) is 0 Å². The van der Waals surface area contributed by atoms with Crippen LogP contribution >= 0.6 is 0 Å². The number of carbonyl (C=O) groups excluding carboxylic acids is 1. The van der Waals surface area contributed by atoms with Crippen LogP contribution in [0.3, 0.4) is 0 Å². The van der Waals surface area contributed by atoms with Gasteiger partial charge < -0.3 is 15.2 Å². The van der Waals surface area contributed by atoms with Gasteiger partial charge in [-0.15, -0.1) is 0 Å². The van der Waals surface area contributed by atoms with Crippen molar-refractivity contribution >= 4 is 11.9 Å². The molecule has 0 aromatic carbocycles. The van der Waals surface area contributed by atoms with Crippen molar-refractivity contribution in [2.24, 2.45) is 11.8 Å². The third-order valence-corrected chi connectivity index (χ3v) is 3.42. The smallest absolute Gasteiger partial charge is 0.326 e. The molecule has 0 spiro atoms. The summed E-state index contributed by atoms with van der Waals surface area (Å²) in [6.45, 7) is 6.19. The highest BCUT2D eigenvalue weighted by atomic mass is 16.5. The van der Waals surface area contributed by atoms with E-state index in [0.717, 1.165) is 6.42 Å². The maximum Gasteiger partial charge on any atom is 0.326 e. The number of carbonyl (C=O) groups is 2. The van der Waals surface area contributed by atoms with Gasteiger partial charge in [0.2, 0.25) is 5.91 Å². The normalized spacial score (nSPS) is 25.8. The molecule has 0 saturated carbocycles. The van der Waals surface area contributed by atoms with E-state index in [4.69, 9.17) is 9.84 Å². The number of hydrogen-bond acceptors (Lipinski definition) is 3. The lowest BCUT2D eigenvalue weighted by atomic mass is 9.92. The van der Waals surface area contributed by atoms with Crippen molar-refractivity contribution in [3.8, 4) is 0 Å². The maximum absolute atomic E-state index is 12.0. The monoisotopic (exact) mass is 257 g/mol. The van der Waals surface area contributed by atoms with Crippen molar-refractivity contribution in [3.63, 3.8) is 0 Å². The minimum absolute atomic E-state index is 0.117. The lowest BCUT2D eigenvalue weighted by Crippen LogP contribution is -2.48. The van der Waals surface area contributed by atoms with Crippen LogP contribution in [0.2, 0.25) is 0 Å². The molecule has 2 unspecified atom stereocenters. The molecular formula is C13H23NO4. The largest absolute Gasteiger partial charge is 0.480 e. The molecule has 104 valence electrons. The average Bonchev–Trinajstić information content (AvgIpc) is 2.34. The lowest BCUT2D eigenvalue weighted by Gasteiger charge is -2.29. The Morgan fingerprint density at radius 3 is 2.61 bits per heavy atom. The number of hydrogen-bond donors (Lipinski definition) is 2. The molecule has 3 atom stereocenters. The van der Waals surface area contributed by atoms with Gasteiger partial charge in [-0.1, -0.05) is 20.8 Å². The molecule has 2 N–H and O–H groups in total. The summed E-state index contributed by atoms with van der Waals surface area (Å²) in [6.07, 6.45) is 2.37. The van der Waals surface area contributed by atoms with E-state index in [-0.39, 0.29) is 23.8 Å². The number of carboxylic acids is 1. The molecule has 5 nitrogen and oxygen atoms in total. The number of amides is 1. The standard InChI is InChI=1S/C13H23NO4/c1-4-10-7-9(5-6-18-10)12(15)14-11(8(2)3)13(16)17/h8-11H,4-7H2,1-3H3,(H,14,15)(H,16,17)/t9?,10?,11-/m0/s1. The van der Waals surface area contributed by atoms with Gasteiger partial charge >= 0.3 is 5.97 Å². The third-order valence-electron chi connectivity index (χ3n) is 3.42. The molecule has 1 fully saturated rings. The zero-order chi connectivity index (χ0) is 13.7. The second kappa shape index (κ2) is 6.73. The van der Waals surface area contributed by atoms with E-state index >= 15 is 0 Å². The number of carboxylic acid groups (broad SMARTS) is 1. The van der Waals surface area contributed by atoms with Gasteiger partial charge in [-0.2, -0.15) is 0 Å². The van der Waals surface area contributed by atoms with Crippen LogP contribution in [0.5, 0.6) is 0 Å². The number of ether oxygens (including phenoxy) is 1. The van der Waals surface area contributed by atoms with Gasteiger partial charge in [-0.05, 0) is 25.2 Å². The van der Waals surface area contributed by atoms with Gasteiger partial charge in [0, 0.05) is 12.5 Å². The quantitative estimate of drug-likeness (QED) is 0.781. The SMILES string of the molecule is CCC1CC(C(=O)N[C@H](C(=O)O)C(C)C)CCO1. The summed E-state index contributed by atoms with van der Waals surface area (Å²) in [5.41, 5.74) is 0. The Labute approximate surface area is 108 Å². The molecule has 0 aromatic heterocycles. The fourth-order valence-electron chi connectivity index (χ4n) is 2.19. The molecule has 0 aliphatic carbocycles. The molecule has 0 aromatic rings. The highest BCUT2D eigenvalue weighted by Crippen LogP contribution is 2.22. The molecular weight excluding hydrogens is 234 g/mol. The molecule has 1 rings (SSSR count). The maximum atomic E-state index is 12.0. The second-order valence-electron chi connectivity index (χ2n) is 5.19. The molecule has 1 amide bonds. The summed E-state index contributed by atoms with van der Waals surface area (Å²) in [7, 11) is 0. The van der Waals surface area contributed by atoms with Crippen LogP contribution in [0.1, 0.15) is 40.0 Å². The van der Waals surface area contributed by atoms with Crippen molar-refractivity contribution < 1.29 is 19.4 Å². The highest BCUT2D eigenvalue weighted by Gasteiger charge is 2.30. The van der Waals surface area contributed by atoms with Crippen molar-refractivity contribution in [2.75, 3.05) is 6.61 Å². The topological polar surface area (TPSA) is 75.6 Å². The van der Waals surface area contributed by atoms with Crippen LogP contribution < -0.4 is 5.32 Å². The second-order valence-corrected chi connectivity index (χ2v) is 5.19. The third kappa shape index (κ3) is 3.98. The fraction of sp³-hybridized carbons (Fsp3) is 0.846. The molecule has 5 heteroatoms. The molecule has 0 bridgehead atoms. The number of aliphatic carboxylic acids is 1. The minimum Gasteiger partial charge on any atom is -0.480 e. The van der Waals surface area contributed by atoms with E-state index in [2.05, 4.69) is 5.32 Å². The van der Waals surface area contributed by atoms with Gasteiger partial charge in [-0.25, -0.2) is 4.79 Å². The molecule has 1 saturated heterocycles. The highest BCUT2D eigenvalue weighted by molar-refractivity contribution is 5.85. The number of nitrogens with one attached hydrogen (secondary N) is 1. The van der Waals surface area contributed by atoms with E-state index in [1.54, 1.807) is 13.8 Å². The number of rotatable bonds is 5. The Kier molecular flexibility index (Phi) is 5.59. The van der Waals surface area contributed by atoms with E-state index in [1.165, 1.54) is 0 Å². The van der Waals surface area contributed by atoms with Crippen LogP contribution in [0.4, 0.5) is 0 Å². The molecule has 0 radical (unpaired) electrons. The summed E-state index contributed by atoms with van der Waals surface area (Å²) in [5.74, 6) is -1.37. The first-order chi connectivity index (χ1) is 8.45. The van der Waals surface area contributed by atoms with Crippen molar-refractivity contribution in [2.45, 2.75) is 52.2 Å². The molecule has 1 aliphatic rings. The lowest BCUT2D eigenvalue weighted by molar-refractivity contribution is -0.144. The zero-order valence-corrected chi connectivity index (χ0v) is 11.3. The van der Waals surface area contributed by atoms with Crippen LogP contribution in [0.15, 0.2) is 0 Å². The summed E-state index contributed by atoms with van der Waals surface area (Å²) < 4.78 is 5.51. The van der Waals surface area contributed by atoms with Crippen LogP contribution in [-0.4, -0.2) is 35.7 Å². The Balaban J connectivity index is 2.55. The van der Waals surface area contributed by atoms with Gasteiger partial charge in [0.15, 0.2) is 0 Å². The first-order valence-electron chi connectivity index (χ1n) is 6.60. The summed E-state index contributed by atoms with van der Waals surface area (Å²) >= 11 is 0. The van der Waals surface area contributed by atoms with Crippen molar-refractivity contribution in [1.82, 2.24) is 5.32 Å². The van der Waals surface area contributed by atoms with Crippen LogP contribution in [0.25, 0.3) is 0 Å². The van der Waals surface area contributed by atoms with Gasteiger partial charge in [-0.3, -0.25) is 4.79 Å². The Bertz CT molecular complexity index is 303. The van der Waals surface area contributed by atoms with E-state index < -0.39 is 12.0 Å². The predicted octanol–water partition coefficient (Wildman–Crippen LogP) is 1.42. The molecule has 18 heavy (non-hydrogen) atoms. The summed E-state index contributed by atoms with van der Waals surface area (Å²) in [5, 5.41) is 11.7.